The number of aromatic nitrogens is 4. The molecule has 4 rings (SSSR count). The van der Waals surface area contributed by atoms with E-state index in [2.05, 4.69) is 20.6 Å². The summed E-state index contributed by atoms with van der Waals surface area (Å²) in [6.45, 7) is 0. The second kappa shape index (κ2) is 6.66. The van der Waals surface area contributed by atoms with Crippen molar-refractivity contribution in [3.05, 3.63) is 77.9 Å². The van der Waals surface area contributed by atoms with Crippen molar-refractivity contribution in [2.75, 3.05) is 5.32 Å². The third-order valence-corrected chi connectivity index (χ3v) is 4.30. The van der Waals surface area contributed by atoms with Gasteiger partial charge in [-0.2, -0.15) is 0 Å². The maximum atomic E-state index is 12.3. The summed E-state index contributed by atoms with van der Waals surface area (Å²) < 4.78 is 1.56. The van der Waals surface area contributed by atoms with Gasteiger partial charge in [-0.3, -0.25) is 10.1 Å². The van der Waals surface area contributed by atoms with Crippen molar-refractivity contribution in [3.63, 3.8) is 0 Å². The number of rotatable bonds is 4. The Morgan fingerprint density at radius 2 is 1.72 bits per heavy atom. The highest BCUT2D eigenvalue weighted by atomic mass is 32.1. The zero-order valence-electron chi connectivity index (χ0n) is 13.0. The van der Waals surface area contributed by atoms with Crippen molar-refractivity contribution >= 4 is 22.4 Å². The molecule has 0 radical (unpaired) electrons. The molecular weight excluding hydrogens is 334 g/mol. The molecule has 0 aliphatic rings. The highest BCUT2D eigenvalue weighted by molar-refractivity contribution is 7.14. The van der Waals surface area contributed by atoms with E-state index < -0.39 is 0 Å². The van der Waals surface area contributed by atoms with Gasteiger partial charge in [0.05, 0.1) is 17.6 Å². The molecule has 122 valence electrons. The van der Waals surface area contributed by atoms with Crippen LogP contribution in [0, 0.1) is 0 Å². The number of hydrogen-bond donors (Lipinski definition) is 1. The van der Waals surface area contributed by atoms with Gasteiger partial charge in [0.2, 0.25) is 0 Å². The second-order valence-corrected chi connectivity index (χ2v) is 6.10. The van der Waals surface area contributed by atoms with Crippen molar-refractivity contribution in [1.29, 1.82) is 0 Å². The van der Waals surface area contributed by atoms with Gasteiger partial charge in [0, 0.05) is 10.9 Å². The van der Waals surface area contributed by atoms with Crippen LogP contribution in [0.4, 0.5) is 5.13 Å². The van der Waals surface area contributed by atoms with Crippen LogP contribution in [0.3, 0.4) is 0 Å². The fraction of sp³-hybridized carbons (Fsp3) is 0. The second-order valence-electron chi connectivity index (χ2n) is 5.24. The lowest BCUT2D eigenvalue weighted by molar-refractivity contribution is 0.102. The molecule has 25 heavy (non-hydrogen) atoms. The van der Waals surface area contributed by atoms with Crippen LogP contribution in [0.25, 0.3) is 16.9 Å². The molecule has 6 nitrogen and oxygen atoms in total. The highest BCUT2D eigenvalue weighted by Gasteiger charge is 2.14. The minimum atomic E-state index is -0.337. The van der Waals surface area contributed by atoms with E-state index >= 15 is 0 Å². The lowest BCUT2D eigenvalue weighted by Gasteiger charge is -1.98. The molecule has 0 aliphatic carbocycles. The van der Waals surface area contributed by atoms with Crippen molar-refractivity contribution in [2.24, 2.45) is 0 Å². The molecule has 1 N–H and O–H groups in total. The number of para-hydroxylation sites is 1. The van der Waals surface area contributed by atoms with Crippen LogP contribution in [0.15, 0.2) is 72.2 Å². The van der Waals surface area contributed by atoms with Gasteiger partial charge in [-0.1, -0.05) is 53.7 Å². The Morgan fingerprint density at radius 3 is 2.48 bits per heavy atom. The van der Waals surface area contributed by atoms with Crippen LogP contribution in [0.1, 0.15) is 10.5 Å². The lowest BCUT2D eigenvalue weighted by Crippen LogP contribution is -2.12. The van der Waals surface area contributed by atoms with E-state index in [1.165, 1.54) is 11.3 Å². The van der Waals surface area contributed by atoms with Gasteiger partial charge in [-0.15, -0.1) is 16.4 Å². The predicted molar refractivity (Wildman–Crippen MR) is 96.9 cm³/mol. The molecule has 0 aliphatic heterocycles. The Morgan fingerprint density at radius 1 is 1.00 bits per heavy atom. The third-order valence-electron chi connectivity index (χ3n) is 3.54. The predicted octanol–water partition coefficient (Wildman–Crippen LogP) is 3.64. The summed E-state index contributed by atoms with van der Waals surface area (Å²) in [5.41, 5.74) is 2.91. The number of benzene rings is 2. The molecule has 0 spiro atoms. The van der Waals surface area contributed by atoms with E-state index in [4.69, 9.17) is 0 Å². The molecule has 1 amide bonds. The van der Waals surface area contributed by atoms with E-state index in [-0.39, 0.29) is 11.6 Å². The molecule has 7 heteroatoms. The number of carbonyl (C=O) groups excluding carboxylic acids is 1. The van der Waals surface area contributed by atoms with Gasteiger partial charge >= 0.3 is 0 Å². The Bertz CT molecular complexity index is 995. The topological polar surface area (TPSA) is 72.7 Å². The molecule has 0 saturated carbocycles. The Hall–Kier alpha value is -3.32. The summed E-state index contributed by atoms with van der Waals surface area (Å²) in [4.78, 5) is 16.8. The fourth-order valence-electron chi connectivity index (χ4n) is 2.31. The van der Waals surface area contributed by atoms with Crippen LogP contribution in [-0.2, 0) is 0 Å². The Labute approximate surface area is 147 Å². The van der Waals surface area contributed by atoms with Crippen LogP contribution < -0.4 is 5.32 Å². The number of carbonyl (C=O) groups is 1. The van der Waals surface area contributed by atoms with Gasteiger partial charge in [0.15, 0.2) is 10.8 Å². The van der Waals surface area contributed by atoms with Crippen LogP contribution in [0.5, 0.6) is 0 Å². The molecule has 0 atom stereocenters. The molecule has 2 aromatic heterocycles. The zero-order chi connectivity index (χ0) is 17.1. The van der Waals surface area contributed by atoms with Gasteiger partial charge in [0.25, 0.3) is 5.91 Å². The molecular formula is C18H13N5OS. The first-order chi connectivity index (χ1) is 12.3. The highest BCUT2D eigenvalue weighted by Crippen LogP contribution is 2.24. The lowest BCUT2D eigenvalue weighted by atomic mass is 10.2. The molecule has 0 bridgehead atoms. The van der Waals surface area contributed by atoms with Gasteiger partial charge < -0.3 is 0 Å². The first-order valence-electron chi connectivity index (χ1n) is 7.60. The summed E-state index contributed by atoms with van der Waals surface area (Å²) in [6.07, 6.45) is 1.59. The average Bonchev–Trinajstić information content (AvgIpc) is 3.33. The van der Waals surface area contributed by atoms with Crippen molar-refractivity contribution in [2.45, 2.75) is 0 Å². The van der Waals surface area contributed by atoms with E-state index in [1.54, 1.807) is 10.9 Å². The average molecular weight is 347 g/mol. The summed E-state index contributed by atoms with van der Waals surface area (Å²) in [6, 6.07) is 19.3. The van der Waals surface area contributed by atoms with Crippen molar-refractivity contribution in [3.8, 4) is 16.9 Å². The summed E-state index contributed by atoms with van der Waals surface area (Å²) in [5.74, 6) is -0.337. The third kappa shape index (κ3) is 3.31. The van der Waals surface area contributed by atoms with Gasteiger partial charge in [-0.25, -0.2) is 9.67 Å². The number of nitrogens with one attached hydrogen (secondary N) is 1. The Kier molecular flexibility index (Phi) is 4.05. The Balaban J connectivity index is 1.50. The number of anilines is 1. The molecule has 4 aromatic rings. The first kappa shape index (κ1) is 15.2. The summed E-state index contributed by atoms with van der Waals surface area (Å²) in [7, 11) is 0. The van der Waals surface area contributed by atoms with Crippen LogP contribution in [-0.4, -0.2) is 25.9 Å². The minimum absolute atomic E-state index is 0.236. The van der Waals surface area contributed by atoms with Crippen LogP contribution >= 0.6 is 11.3 Å². The SMILES string of the molecule is O=C(Nc1nc(-c2ccccc2)cs1)c1cn(-c2ccccc2)nn1. The summed E-state index contributed by atoms with van der Waals surface area (Å²) >= 11 is 1.37. The number of hydrogen-bond acceptors (Lipinski definition) is 5. The largest absolute Gasteiger partial charge is 0.296 e. The maximum Gasteiger partial charge on any atom is 0.279 e. The van der Waals surface area contributed by atoms with Crippen molar-refractivity contribution in [1.82, 2.24) is 20.0 Å². The first-order valence-corrected chi connectivity index (χ1v) is 8.47. The zero-order valence-corrected chi connectivity index (χ0v) is 13.9. The van der Waals surface area contributed by atoms with E-state index in [0.29, 0.717) is 5.13 Å². The van der Waals surface area contributed by atoms with Gasteiger partial charge in [0.1, 0.15) is 0 Å². The van der Waals surface area contributed by atoms with E-state index in [0.717, 1.165) is 16.9 Å². The molecule has 0 unspecified atom stereocenters. The minimum Gasteiger partial charge on any atom is -0.296 e. The smallest absolute Gasteiger partial charge is 0.279 e. The van der Waals surface area contributed by atoms with Crippen molar-refractivity contribution < 1.29 is 4.79 Å². The standard InChI is InChI=1S/C18H13N5OS/c24-17(15-11-23(22-21-15)14-9-5-2-6-10-14)20-18-19-16(12-25-18)13-7-3-1-4-8-13/h1-12H,(H,19,20,24). The number of nitrogens with zero attached hydrogens (tertiary/aromatic N) is 4. The number of thiazole rings is 1. The molecule has 2 aromatic carbocycles. The molecule has 0 saturated heterocycles. The fourth-order valence-corrected chi connectivity index (χ4v) is 3.02. The molecule has 2 heterocycles. The monoisotopic (exact) mass is 347 g/mol. The maximum absolute atomic E-state index is 12.3. The van der Waals surface area contributed by atoms with Gasteiger partial charge in [-0.05, 0) is 12.1 Å². The van der Waals surface area contributed by atoms with E-state index in [1.807, 2.05) is 66.0 Å². The van der Waals surface area contributed by atoms with Crippen LogP contribution in [0.2, 0.25) is 0 Å². The quantitative estimate of drug-likeness (QED) is 0.612. The normalized spacial score (nSPS) is 10.6. The molecule has 0 fully saturated rings. The summed E-state index contributed by atoms with van der Waals surface area (Å²) in [5, 5.41) is 13.1. The van der Waals surface area contributed by atoms with E-state index in [9.17, 15) is 4.79 Å². The number of amides is 1.